The van der Waals surface area contributed by atoms with Gasteiger partial charge in [0.15, 0.2) is 11.6 Å². The molecule has 0 aromatic rings. The minimum Gasteiger partial charge on any atom is -0.356 e. The monoisotopic (exact) mass is 578 g/mol. The molecule has 0 heterocycles. The van der Waals surface area contributed by atoms with E-state index in [0.29, 0.717) is 24.3 Å². The van der Waals surface area contributed by atoms with Crippen molar-refractivity contribution in [3.8, 4) is 6.07 Å². The lowest BCUT2D eigenvalue weighted by atomic mass is 9.42. The van der Waals surface area contributed by atoms with Crippen molar-refractivity contribution < 1.29 is 14.4 Å². The van der Waals surface area contributed by atoms with Crippen LogP contribution in [0.2, 0.25) is 0 Å². The van der Waals surface area contributed by atoms with E-state index in [1.54, 1.807) is 6.92 Å². The summed E-state index contributed by atoms with van der Waals surface area (Å²) in [6, 6.07) is 2.19. The highest BCUT2D eigenvalue weighted by Gasteiger charge is 2.61. The molecule has 0 aromatic heterocycles. The third kappa shape index (κ3) is 6.07. The Hall–Kier alpha value is -2.22. The molecule has 3 aliphatic carbocycles. The number of carbonyl (C=O) groups excluding carboxylic acids is 3. The molecule has 5 heteroatoms. The largest absolute Gasteiger partial charge is 0.356 e. The second-order valence-electron chi connectivity index (χ2n) is 16.6. The van der Waals surface area contributed by atoms with Gasteiger partial charge in [-0.2, -0.15) is 5.26 Å². The van der Waals surface area contributed by atoms with E-state index < -0.39 is 10.8 Å². The maximum absolute atomic E-state index is 13.3. The topological polar surface area (TPSA) is 87.0 Å². The van der Waals surface area contributed by atoms with E-state index in [0.717, 1.165) is 44.1 Å². The third-order valence-electron chi connectivity index (χ3n) is 12.6. The van der Waals surface area contributed by atoms with Crippen molar-refractivity contribution in [1.29, 1.82) is 5.26 Å². The quantitative estimate of drug-likeness (QED) is 0.278. The predicted molar refractivity (Wildman–Crippen MR) is 170 cm³/mol. The van der Waals surface area contributed by atoms with Gasteiger partial charge in [-0.1, -0.05) is 74.0 Å². The zero-order valence-electron chi connectivity index (χ0n) is 28.6. The first-order valence-electron chi connectivity index (χ1n) is 16.4. The van der Waals surface area contributed by atoms with E-state index >= 15 is 0 Å². The fourth-order valence-electron chi connectivity index (χ4n) is 9.45. The zero-order chi connectivity index (χ0) is 31.9. The van der Waals surface area contributed by atoms with Crippen molar-refractivity contribution in [1.82, 2.24) is 5.32 Å². The number of nitriles is 1. The van der Waals surface area contributed by atoms with Crippen LogP contribution < -0.4 is 5.32 Å². The number of rotatable bonds is 9. The number of hydrogen-bond acceptors (Lipinski definition) is 4. The first-order chi connectivity index (χ1) is 19.2. The lowest BCUT2D eigenvalue weighted by molar-refractivity contribution is -0.131. The maximum atomic E-state index is 13.3. The second kappa shape index (κ2) is 11.7. The zero-order valence-corrected chi connectivity index (χ0v) is 28.6. The number of nitrogens with one attached hydrogen (secondary N) is 1. The van der Waals surface area contributed by atoms with Crippen LogP contribution in [0.1, 0.15) is 134 Å². The molecule has 3 rings (SSSR count). The molecule has 0 aromatic carbocycles. The van der Waals surface area contributed by atoms with Gasteiger partial charge in [0.25, 0.3) is 0 Å². The van der Waals surface area contributed by atoms with Crippen LogP contribution in [0, 0.1) is 55.7 Å². The molecule has 1 N–H and O–H groups in total. The van der Waals surface area contributed by atoms with Gasteiger partial charge in [0.05, 0.1) is 5.57 Å². The molecule has 2 saturated carbocycles. The van der Waals surface area contributed by atoms with E-state index in [1.807, 2.05) is 32.9 Å². The van der Waals surface area contributed by atoms with Crippen LogP contribution in [-0.2, 0) is 14.4 Å². The summed E-state index contributed by atoms with van der Waals surface area (Å²) < 4.78 is 0. The molecule has 0 saturated heterocycles. The Morgan fingerprint density at radius 1 is 1.10 bits per heavy atom. The number of carbonyl (C=O) groups is 3. The molecule has 42 heavy (non-hydrogen) atoms. The average molecular weight is 579 g/mol. The molecule has 1 amide bonds. The lowest BCUT2D eigenvalue weighted by Crippen LogP contribution is -2.56. The summed E-state index contributed by atoms with van der Waals surface area (Å²) in [7, 11) is 0. The number of hydrogen-bond donors (Lipinski definition) is 1. The molecular formula is C37H58N2O3. The molecule has 5 atom stereocenters. The highest BCUT2D eigenvalue weighted by Crippen LogP contribution is 2.67. The fraction of sp³-hybridized carbons (Fsp3) is 0.784. The summed E-state index contributed by atoms with van der Waals surface area (Å²) in [4.78, 5) is 38.7. The van der Waals surface area contributed by atoms with Crippen molar-refractivity contribution in [2.24, 2.45) is 44.3 Å². The Morgan fingerprint density at radius 3 is 2.29 bits per heavy atom. The highest BCUT2D eigenvalue weighted by molar-refractivity contribution is 6.04. The van der Waals surface area contributed by atoms with Gasteiger partial charge < -0.3 is 5.32 Å². The minimum absolute atomic E-state index is 0.0112. The van der Waals surface area contributed by atoms with Crippen LogP contribution in [0.25, 0.3) is 0 Å². The van der Waals surface area contributed by atoms with Crippen molar-refractivity contribution in [3.05, 3.63) is 23.3 Å². The molecule has 234 valence electrons. The van der Waals surface area contributed by atoms with Crippen LogP contribution in [0.3, 0.4) is 0 Å². The average Bonchev–Trinajstić information content (AvgIpc) is 2.87. The molecule has 2 fully saturated rings. The van der Waals surface area contributed by atoms with Gasteiger partial charge in [0.1, 0.15) is 6.07 Å². The van der Waals surface area contributed by atoms with Gasteiger partial charge >= 0.3 is 0 Å². The Balaban J connectivity index is 2.03. The Morgan fingerprint density at radius 2 is 1.74 bits per heavy atom. The molecule has 1 unspecified atom stereocenters. The van der Waals surface area contributed by atoms with Gasteiger partial charge in [-0.3, -0.25) is 14.4 Å². The molecular weight excluding hydrogens is 520 g/mol. The number of nitrogens with zero attached hydrogens (tertiary/aromatic N) is 1. The van der Waals surface area contributed by atoms with Gasteiger partial charge in [0.2, 0.25) is 5.91 Å². The first-order valence-corrected chi connectivity index (χ1v) is 16.4. The number of amides is 1. The second-order valence-corrected chi connectivity index (χ2v) is 16.6. The standard InChI is InChI=1S/C37H58N2O3/c1-12-39-30(41)14-16-37(19-17-32(4,5)22-25(37)2)20-18-33(6,7)36(11)15-13-28-34(8,9)31(42)27(24-38)23-35(28,10)29(36)21-26(3)40/h21,23,25,28H,12-20,22H2,1-11H3,(H,39,41)/b29-21-/t25?,28-,35-,36+,37+/m0/s1. The summed E-state index contributed by atoms with van der Waals surface area (Å²) in [5, 5.41) is 12.9. The first kappa shape index (κ1) is 34.3. The molecule has 0 bridgehead atoms. The summed E-state index contributed by atoms with van der Waals surface area (Å²) in [6.45, 7) is 24.5. The number of ketones is 2. The molecule has 0 aliphatic heterocycles. The summed E-state index contributed by atoms with van der Waals surface area (Å²) in [6.07, 6.45) is 12.5. The summed E-state index contributed by atoms with van der Waals surface area (Å²) in [5.41, 5.74) is 0.0305. The van der Waals surface area contributed by atoms with Gasteiger partial charge in [-0.25, -0.2) is 0 Å². The van der Waals surface area contributed by atoms with E-state index in [9.17, 15) is 19.6 Å². The van der Waals surface area contributed by atoms with Crippen molar-refractivity contribution >= 4 is 17.5 Å². The van der Waals surface area contributed by atoms with Crippen LogP contribution in [0.4, 0.5) is 0 Å². The Kier molecular flexibility index (Phi) is 9.55. The van der Waals surface area contributed by atoms with Crippen molar-refractivity contribution in [2.45, 2.75) is 134 Å². The molecule has 0 radical (unpaired) electrons. The predicted octanol–water partition coefficient (Wildman–Crippen LogP) is 8.54. The Bertz CT molecular complexity index is 1200. The third-order valence-corrected chi connectivity index (χ3v) is 12.6. The van der Waals surface area contributed by atoms with Crippen LogP contribution in [0.5, 0.6) is 0 Å². The summed E-state index contributed by atoms with van der Waals surface area (Å²) >= 11 is 0. The number of Topliss-reactive ketones (excluding diaryl/α,β-unsaturated/α-hetero) is 1. The number of allylic oxidation sites excluding steroid dienone is 4. The highest BCUT2D eigenvalue weighted by atomic mass is 16.1. The normalized spacial score (nSPS) is 35.1. The van der Waals surface area contributed by atoms with Gasteiger partial charge in [-0.05, 0) is 105 Å². The van der Waals surface area contributed by atoms with Gasteiger partial charge in [0, 0.05) is 23.8 Å². The van der Waals surface area contributed by atoms with Crippen LogP contribution in [-0.4, -0.2) is 24.0 Å². The fourth-order valence-corrected chi connectivity index (χ4v) is 9.45. The maximum Gasteiger partial charge on any atom is 0.220 e. The minimum atomic E-state index is -0.677. The Labute approximate surface area is 256 Å². The van der Waals surface area contributed by atoms with Crippen molar-refractivity contribution in [2.75, 3.05) is 6.54 Å². The lowest BCUT2D eigenvalue weighted by Gasteiger charge is -2.61. The molecule has 0 spiro atoms. The van der Waals surface area contributed by atoms with Crippen molar-refractivity contribution in [3.63, 3.8) is 0 Å². The molecule has 3 aliphatic rings. The van der Waals surface area contributed by atoms with E-state index in [-0.39, 0.29) is 45.2 Å². The summed E-state index contributed by atoms with van der Waals surface area (Å²) in [5.74, 6) is 0.615. The van der Waals surface area contributed by atoms with Crippen LogP contribution >= 0.6 is 0 Å². The smallest absolute Gasteiger partial charge is 0.220 e. The molecule has 5 nitrogen and oxygen atoms in total. The SMILES string of the molecule is CCNC(=O)CC[C@]1(CCC(C)(C)[C@]2(C)CC[C@H]3C(C)(C)C(=O)C(C#N)=C[C@]3(C)/C2=C/C(C)=O)CCC(C)(C)CC1C. The van der Waals surface area contributed by atoms with E-state index in [4.69, 9.17) is 0 Å². The van der Waals surface area contributed by atoms with E-state index in [2.05, 4.69) is 59.9 Å². The van der Waals surface area contributed by atoms with Crippen LogP contribution in [0.15, 0.2) is 23.3 Å². The van der Waals surface area contributed by atoms with E-state index in [1.165, 1.54) is 12.8 Å². The van der Waals surface area contributed by atoms with Gasteiger partial charge in [-0.15, -0.1) is 0 Å². The number of fused-ring (bicyclic) bond motifs is 1.